The Hall–Kier alpha value is -2.93. The van der Waals surface area contributed by atoms with E-state index in [9.17, 15) is 14.4 Å². The number of ether oxygens (including phenoxy) is 1. The van der Waals surface area contributed by atoms with Crippen molar-refractivity contribution in [3.63, 3.8) is 0 Å². The van der Waals surface area contributed by atoms with Gasteiger partial charge in [-0.25, -0.2) is 9.59 Å². The fourth-order valence-corrected chi connectivity index (χ4v) is 3.04. The van der Waals surface area contributed by atoms with Crippen molar-refractivity contribution in [1.82, 2.24) is 5.32 Å². The topological polar surface area (TPSA) is 85.6 Å². The van der Waals surface area contributed by atoms with Crippen LogP contribution in [0.2, 0.25) is 0 Å². The minimum Gasteiger partial charge on any atom is -0.452 e. The Labute approximate surface area is 147 Å². The van der Waals surface area contributed by atoms with Gasteiger partial charge in [-0.15, -0.1) is 11.3 Å². The smallest absolute Gasteiger partial charge is 0.351 e. The Morgan fingerprint density at radius 3 is 2.80 bits per heavy atom. The lowest BCUT2D eigenvalue weighted by molar-refractivity contribution is -0.124. The van der Waals surface area contributed by atoms with Crippen LogP contribution in [0.5, 0.6) is 0 Å². The summed E-state index contributed by atoms with van der Waals surface area (Å²) >= 11 is 1.52. The standard InChI is InChI=1S/C18H15NO5S/c1-11(15-7-4-8-25-15)19-16(20)10-23-17(21)13-9-12-5-2-3-6-14(12)24-18(13)22/h2-9,11H,10H2,1H3,(H,19,20)/t11-/m0/s1. The molecule has 25 heavy (non-hydrogen) atoms. The summed E-state index contributed by atoms with van der Waals surface area (Å²) in [6.45, 7) is 1.37. The van der Waals surface area contributed by atoms with Gasteiger partial charge in [0.2, 0.25) is 0 Å². The number of hydrogen-bond donors (Lipinski definition) is 1. The van der Waals surface area contributed by atoms with Crippen molar-refractivity contribution in [1.29, 1.82) is 0 Å². The maximum Gasteiger partial charge on any atom is 0.351 e. The second kappa shape index (κ2) is 7.31. The van der Waals surface area contributed by atoms with Crippen LogP contribution in [0.3, 0.4) is 0 Å². The molecule has 0 unspecified atom stereocenters. The summed E-state index contributed by atoms with van der Waals surface area (Å²) in [5, 5.41) is 5.24. The highest BCUT2D eigenvalue weighted by molar-refractivity contribution is 7.10. The molecule has 0 saturated carbocycles. The molecular formula is C18H15NO5S. The van der Waals surface area contributed by atoms with Crippen LogP contribution < -0.4 is 10.9 Å². The van der Waals surface area contributed by atoms with Crippen molar-refractivity contribution in [2.24, 2.45) is 0 Å². The van der Waals surface area contributed by atoms with Crippen molar-refractivity contribution in [3.8, 4) is 0 Å². The monoisotopic (exact) mass is 357 g/mol. The van der Waals surface area contributed by atoms with E-state index in [-0.39, 0.29) is 11.6 Å². The second-order valence-corrected chi connectivity index (χ2v) is 6.35. The van der Waals surface area contributed by atoms with Gasteiger partial charge in [0, 0.05) is 10.3 Å². The summed E-state index contributed by atoms with van der Waals surface area (Å²) in [7, 11) is 0. The van der Waals surface area contributed by atoms with E-state index in [1.54, 1.807) is 24.3 Å². The maximum atomic E-state index is 12.1. The molecule has 0 aliphatic heterocycles. The van der Waals surface area contributed by atoms with E-state index in [4.69, 9.17) is 9.15 Å². The van der Waals surface area contributed by atoms with Crippen molar-refractivity contribution >= 4 is 34.2 Å². The van der Waals surface area contributed by atoms with Gasteiger partial charge in [-0.1, -0.05) is 24.3 Å². The average molecular weight is 357 g/mol. The number of thiophene rings is 1. The van der Waals surface area contributed by atoms with E-state index in [1.165, 1.54) is 17.4 Å². The summed E-state index contributed by atoms with van der Waals surface area (Å²) in [6.07, 6.45) is 0. The lowest BCUT2D eigenvalue weighted by atomic mass is 10.2. The second-order valence-electron chi connectivity index (χ2n) is 5.37. The fraction of sp³-hybridized carbons (Fsp3) is 0.167. The van der Waals surface area contributed by atoms with E-state index >= 15 is 0 Å². The third-order valence-electron chi connectivity index (χ3n) is 3.54. The quantitative estimate of drug-likeness (QED) is 0.560. The van der Waals surface area contributed by atoms with Crippen LogP contribution in [0, 0.1) is 0 Å². The van der Waals surface area contributed by atoms with Crippen LogP contribution in [0.15, 0.2) is 57.1 Å². The van der Waals surface area contributed by atoms with Gasteiger partial charge in [0.05, 0.1) is 6.04 Å². The zero-order chi connectivity index (χ0) is 17.8. The van der Waals surface area contributed by atoms with Gasteiger partial charge in [0.25, 0.3) is 5.91 Å². The zero-order valence-electron chi connectivity index (χ0n) is 13.4. The first-order valence-electron chi connectivity index (χ1n) is 7.57. The average Bonchev–Trinajstić information content (AvgIpc) is 3.14. The molecule has 1 amide bonds. The lowest BCUT2D eigenvalue weighted by Gasteiger charge is -2.12. The SMILES string of the molecule is C[C@H](NC(=O)COC(=O)c1cc2ccccc2oc1=O)c1cccs1. The van der Waals surface area contributed by atoms with Crippen LogP contribution in [-0.4, -0.2) is 18.5 Å². The fourth-order valence-electron chi connectivity index (χ4n) is 2.31. The zero-order valence-corrected chi connectivity index (χ0v) is 14.2. The van der Waals surface area contributed by atoms with Gasteiger partial charge >= 0.3 is 11.6 Å². The molecule has 2 aromatic heterocycles. The first kappa shape index (κ1) is 16.9. The van der Waals surface area contributed by atoms with Gasteiger partial charge in [-0.2, -0.15) is 0 Å². The first-order chi connectivity index (χ1) is 12.0. The molecule has 6 nitrogen and oxygen atoms in total. The summed E-state index contributed by atoms with van der Waals surface area (Å²) in [6, 6.07) is 11.8. The molecule has 0 radical (unpaired) electrons. The van der Waals surface area contributed by atoms with Gasteiger partial charge < -0.3 is 14.5 Å². The van der Waals surface area contributed by atoms with E-state index in [0.29, 0.717) is 11.0 Å². The third kappa shape index (κ3) is 3.95. The van der Waals surface area contributed by atoms with Crippen LogP contribution >= 0.6 is 11.3 Å². The molecule has 1 N–H and O–H groups in total. The summed E-state index contributed by atoms with van der Waals surface area (Å²) in [4.78, 5) is 36.8. The van der Waals surface area contributed by atoms with Crippen LogP contribution in [0.25, 0.3) is 11.0 Å². The van der Waals surface area contributed by atoms with E-state index in [0.717, 1.165) is 4.88 Å². The van der Waals surface area contributed by atoms with E-state index in [1.807, 2.05) is 24.4 Å². The van der Waals surface area contributed by atoms with Crippen LogP contribution in [0.4, 0.5) is 0 Å². The third-order valence-corrected chi connectivity index (χ3v) is 4.60. The largest absolute Gasteiger partial charge is 0.452 e. The van der Waals surface area contributed by atoms with Gasteiger partial charge in [0.1, 0.15) is 11.1 Å². The molecule has 3 aromatic rings. The lowest BCUT2D eigenvalue weighted by Crippen LogP contribution is -2.31. The summed E-state index contributed by atoms with van der Waals surface area (Å²) in [5.41, 5.74) is -0.652. The minimum atomic E-state index is -0.890. The molecule has 0 spiro atoms. The Morgan fingerprint density at radius 1 is 1.24 bits per heavy atom. The number of hydrogen-bond acceptors (Lipinski definition) is 6. The molecule has 3 rings (SSSR count). The van der Waals surface area contributed by atoms with Crippen molar-refractivity contribution in [3.05, 3.63) is 68.7 Å². The summed E-state index contributed by atoms with van der Waals surface area (Å²) in [5.74, 6) is -1.34. The van der Waals surface area contributed by atoms with Crippen molar-refractivity contribution in [2.75, 3.05) is 6.61 Å². The highest BCUT2D eigenvalue weighted by Crippen LogP contribution is 2.18. The molecule has 0 fully saturated rings. The highest BCUT2D eigenvalue weighted by atomic mass is 32.1. The van der Waals surface area contributed by atoms with Gasteiger partial charge in [-0.05, 0) is 30.5 Å². The Bertz CT molecular complexity index is 961. The number of nitrogens with one attached hydrogen (secondary N) is 1. The highest BCUT2D eigenvalue weighted by Gasteiger charge is 2.17. The predicted molar refractivity (Wildman–Crippen MR) is 93.6 cm³/mol. The maximum absolute atomic E-state index is 12.1. The Balaban J connectivity index is 1.63. The van der Waals surface area contributed by atoms with Crippen molar-refractivity contribution < 1.29 is 18.7 Å². The molecule has 128 valence electrons. The molecule has 0 aliphatic rings. The van der Waals surface area contributed by atoms with Crippen LogP contribution in [-0.2, 0) is 9.53 Å². The van der Waals surface area contributed by atoms with Gasteiger partial charge in [-0.3, -0.25) is 4.79 Å². The molecule has 0 aliphatic carbocycles. The number of benzene rings is 1. The van der Waals surface area contributed by atoms with E-state index in [2.05, 4.69) is 5.32 Å². The molecule has 0 bridgehead atoms. The number of carbonyl (C=O) groups excluding carboxylic acids is 2. The number of esters is 1. The number of amides is 1. The molecular weight excluding hydrogens is 342 g/mol. The number of rotatable bonds is 5. The molecule has 1 aromatic carbocycles. The number of fused-ring (bicyclic) bond motifs is 1. The van der Waals surface area contributed by atoms with E-state index < -0.39 is 24.1 Å². The Morgan fingerprint density at radius 2 is 2.04 bits per heavy atom. The minimum absolute atomic E-state index is 0.183. The molecule has 7 heteroatoms. The molecule has 1 atom stereocenters. The predicted octanol–water partition coefficient (Wildman–Crippen LogP) is 2.89. The first-order valence-corrected chi connectivity index (χ1v) is 8.45. The number of carbonyl (C=O) groups is 2. The normalized spacial score (nSPS) is 11.9. The molecule has 2 heterocycles. The van der Waals surface area contributed by atoms with Gasteiger partial charge in [0.15, 0.2) is 6.61 Å². The summed E-state index contributed by atoms with van der Waals surface area (Å²) < 4.78 is 10.0. The number of para-hydroxylation sites is 1. The Kier molecular flexibility index (Phi) is 4.95. The van der Waals surface area contributed by atoms with Crippen LogP contribution in [0.1, 0.15) is 28.2 Å². The molecule has 0 saturated heterocycles. The van der Waals surface area contributed by atoms with Crippen molar-refractivity contribution in [2.45, 2.75) is 13.0 Å².